The van der Waals surface area contributed by atoms with Gasteiger partial charge in [-0.2, -0.15) is 0 Å². The molecule has 2 aromatic rings. The maximum atomic E-state index is 14.1. The third-order valence-corrected chi connectivity index (χ3v) is 3.37. The quantitative estimate of drug-likeness (QED) is 0.656. The smallest absolute Gasteiger partial charge is 0.131 e. The minimum atomic E-state index is -0.286. The van der Waals surface area contributed by atoms with Crippen molar-refractivity contribution in [2.24, 2.45) is 5.92 Å². The minimum Gasteiger partial charge on any atom is -0.497 e. The van der Waals surface area contributed by atoms with Crippen molar-refractivity contribution in [2.45, 2.75) is 40.5 Å². The van der Waals surface area contributed by atoms with Crippen LogP contribution >= 0.6 is 0 Å². The lowest BCUT2D eigenvalue weighted by atomic mass is 9.97. The summed E-state index contributed by atoms with van der Waals surface area (Å²) >= 11 is 0. The summed E-state index contributed by atoms with van der Waals surface area (Å²) in [5.41, 5.74) is 2.41. The van der Waals surface area contributed by atoms with Crippen LogP contribution in [0.25, 0.3) is 11.1 Å². The Kier molecular flexibility index (Phi) is 8.31. The van der Waals surface area contributed by atoms with Gasteiger partial charge in [-0.3, -0.25) is 0 Å². The topological polar surface area (TPSA) is 18.5 Å². The Labute approximate surface area is 145 Å². The van der Waals surface area contributed by atoms with E-state index in [4.69, 9.17) is 9.47 Å². The van der Waals surface area contributed by atoms with Crippen LogP contribution in [-0.2, 0) is 6.42 Å². The molecule has 0 unspecified atom stereocenters. The zero-order chi connectivity index (χ0) is 18.1. The van der Waals surface area contributed by atoms with Gasteiger partial charge in [0.2, 0.25) is 0 Å². The Bertz CT molecular complexity index is 636. The molecule has 0 N–H and O–H groups in total. The van der Waals surface area contributed by atoms with Crippen LogP contribution < -0.4 is 9.47 Å². The molecule has 0 saturated heterocycles. The normalized spacial score (nSPS) is 10.2. The van der Waals surface area contributed by atoms with Crippen molar-refractivity contribution < 1.29 is 13.9 Å². The predicted octanol–water partition coefficient (Wildman–Crippen LogP) is 6.12. The number of benzene rings is 2. The first-order valence-electron chi connectivity index (χ1n) is 8.47. The lowest BCUT2D eigenvalue weighted by Crippen LogP contribution is -1.97. The van der Waals surface area contributed by atoms with E-state index >= 15 is 0 Å². The molecule has 0 amide bonds. The first-order valence-corrected chi connectivity index (χ1v) is 8.47. The van der Waals surface area contributed by atoms with Gasteiger partial charge in [0.25, 0.3) is 0 Å². The summed E-state index contributed by atoms with van der Waals surface area (Å²) in [5.74, 6) is 1.58. The van der Waals surface area contributed by atoms with Crippen molar-refractivity contribution >= 4 is 0 Å². The Morgan fingerprint density at radius 3 is 2.12 bits per heavy atom. The molecule has 2 nitrogen and oxygen atoms in total. The van der Waals surface area contributed by atoms with Gasteiger partial charge >= 0.3 is 0 Å². The predicted molar refractivity (Wildman–Crippen MR) is 99.4 cm³/mol. The van der Waals surface area contributed by atoms with Gasteiger partial charge in [0.1, 0.15) is 17.3 Å². The third-order valence-electron chi connectivity index (χ3n) is 3.37. The number of hydrogen-bond acceptors (Lipinski definition) is 2. The summed E-state index contributed by atoms with van der Waals surface area (Å²) in [7, 11) is 3.18. The van der Waals surface area contributed by atoms with Gasteiger partial charge in [0.05, 0.1) is 14.2 Å². The summed E-state index contributed by atoms with van der Waals surface area (Å²) < 4.78 is 24.7. The largest absolute Gasteiger partial charge is 0.497 e. The Hall–Kier alpha value is -2.03. The van der Waals surface area contributed by atoms with Gasteiger partial charge < -0.3 is 9.47 Å². The highest BCUT2D eigenvalue weighted by molar-refractivity contribution is 5.72. The average Bonchev–Trinajstić information content (AvgIpc) is 2.55. The molecule has 24 heavy (non-hydrogen) atoms. The fourth-order valence-corrected chi connectivity index (χ4v) is 2.39. The lowest BCUT2D eigenvalue weighted by Gasteiger charge is -2.13. The maximum absolute atomic E-state index is 14.1. The third kappa shape index (κ3) is 5.55. The van der Waals surface area contributed by atoms with Crippen molar-refractivity contribution in [1.29, 1.82) is 0 Å². The maximum Gasteiger partial charge on any atom is 0.131 e. The molecule has 0 spiro atoms. The van der Waals surface area contributed by atoms with E-state index < -0.39 is 0 Å². The summed E-state index contributed by atoms with van der Waals surface area (Å²) in [4.78, 5) is 0. The van der Waals surface area contributed by atoms with Crippen molar-refractivity contribution in [3.63, 3.8) is 0 Å². The van der Waals surface area contributed by atoms with Crippen LogP contribution in [0.4, 0.5) is 4.39 Å². The lowest BCUT2D eigenvalue weighted by molar-refractivity contribution is 0.412. The van der Waals surface area contributed by atoms with Gasteiger partial charge in [-0.15, -0.1) is 0 Å². The Morgan fingerprint density at radius 1 is 0.917 bits per heavy atom. The summed E-state index contributed by atoms with van der Waals surface area (Å²) in [6.07, 6.45) is 2.22. The molecular formula is C21H29FO2. The molecule has 0 radical (unpaired) electrons. The van der Waals surface area contributed by atoms with Crippen molar-refractivity contribution in [3.05, 3.63) is 47.8 Å². The highest BCUT2D eigenvalue weighted by atomic mass is 19.1. The zero-order valence-corrected chi connectivity index (χ0v) is 15.7. The monoisotopic (exact) mass is 332 g/mol. The fraction of sp³-hybridized carbons (Fsp3) is 0.429. The first-order chi connectivity index (χ1) is 11.5. The second-order valence-electron chi connectivity index (χ2n) is 6.19. The number of ether oxygens (including phenoxy) is 2. The van der Waals surface area contributed by atoms with E-state index in [1.807, 2.05) is 18.2 Å². The van der Waals surface area contributed by atoms with E-state index in [1.165, 1.54) is 18.1 Å². The Balaban J connectivity index is 0.000000891. The molecule has 0 aliphatic rings. The van der Waals surface area contributed by atoms with E-state index in [0.717, 1.165) is 12.0 Å². The standard InChI is InChI=1S/C18H21FO2.C3H8/c1-12(2)9-13-5-7-15(18(10-13)21-4)16-11-14(20-3)6-8-17(16)19;1-3-2/h5-8,10-12H,9H2,1-4H3;3H2,1-2H3. The van der Waals surface area contributed by atoms with Gasteiger partial charge in [0.15, 0.2) is 0 Å². The molecule has 3 heteroatoms. The highest BCUT2D eigenvalue weighted by Gasteiger charge is 2.13. The average molecular weight is 332 g/mol. The molecule has 0 saturated carbocycles. The van der Waals surface area contributed by atoms with E-state index in [-0.39, 0.29) is 5.82 Å². The van der Waals surface area contributed by atoms with Crippen LogP contribution in [0.1, 0.15) is 39.7 Å². The number of methoxy groups -OCH3 is 2. The van der Waals surface area contributed by atoms with Crippen LogP contribution in [-0.4, -0.2) is 14.2 Å². The van der Waals surface area contributed by atoms with Crippen molar-refractivity contribution in [3.8, 4) is 22.6 Å². The SMILES string of the molecule is CCC.COc1ccc(F)c(-c2ccc(CC(C)C)cc2OC)c1. The highest BCUT2D eigenvalue weighted by Crippen LogP contribution is 2.35. The molecule has 2 rings (SSSR count). The van der Waals surface area contributed by atoms with Crippen LogP contribution in [0.2, 0.25) is 0 Å². The fourth-order valence-electron chi connectivity index (χ4n) is 2.39. The van der Waals surface area contributed by atoms with Gasteiger partial charge in [-0.05, 0) is 42.2 Å². The van der Waals surface area contributed by atoms with E-state index in [9.17, 15) is 4.39 Å². The summed E-state index contributed by atoms with van der Waals surface area (Å²) in [5, 5.41) is 0. The summed E-state index contributed by atoms with van der Waals surface area (Å²) in [6, 6.07) is 10.6. The van der Waals surface area contributed by atoms with Gasteiger partial charge in [0, 0.05) is 11.1 Å². The number of hydrogen-bond donors (Lipinski definition) is 0. The molecular weight excluding hydrogens is 303 g/mol. The second kappa shape index (κ2) is 9.96. The van der Waals surface area contributed by atoms with E-state index in [0.29, 0.717) is 23.0 Å². The van der Waals surface area contributed by atoms with Crippen LogP contribution in [0, 0.1) is 11.7 Å². The molecule has 0 aromatic heterocycles. The molecule has 0 aliphatic heterocycles. The molecule has 0 atom stereocenters. The van der Waals surface area contributed by atoms with Crippen LogP contribution in [0.5, 0.6) is 11.5 Å². The van der Waals surface area contributed by atoms with Crippen molar-refractivity contribution in [2.75, 3.05) is 14.2 Å². The molecule has 0 aliphatic carbocycles. The van der Waals surface area contributed by atoms with Gasteiger partial charge in [-0.1, -0.05) is 46.2 Å². The van der Waals surface area contributed by atoms with Gasteiger partial charge in [-0.25, -0.2) is 4.39 Å². The van der Waals surface area contributed by atoms with E-state index in [1.54, 1.807) is 26.4 Å². The molecule has 0 fully saturated rings. The molecule has 132 valence electrons. The Morgan fingerprint density at radius 2 is 1.58 bits per heavy atom. The zero-order valence-electron chi connectivity index (χ0n) is 15.7. The minimum absolute atomic E-state index is 0.286. The summed E-state index contributed by atoms with van der Waals surface area (Å²) in [6.45, 7) is 8.59. The van der Waals surface area contributed by atoms with E-state index in [2.05, 4.69) is 27.7 Å². The molecule has 0 bridgehead atoms. The number of rotatable bonds is 5. The first kappa shape index (κ1) is 20.0. The number of halogens is 1. The van der Waals surface area contributed by atoms with Crippen molar-refractivity contribution in [1.82, 2.24) is 0 Å². The molecule has 2 aromatic carbocycles. The van der Waals surface area contributed by atoms with Crippen LogP contribution in [0.3, 0.4) is 0 Å². The molecule has 0 heterocycles. The second-order valence-corrected chi connectivity index (χ2v) is 6.19. The van der Waals surface area contributed by atoms with Crippen LogP contribution in [0.15, 0.2) is 36.4 Å².